The molecule has 0 aromatic heterocycles. The van der Waals surface area contributed by atoms with Gasteiger partial charge in [0.2, 0.25) is 5.91 Å². The summed E-state index contributed by atoms with van der Waals surface area (Å²) < 4.78 is 0. The van der Waals surface area contributed by atoms with Gasteiger partial charge >= 0.3 is 0 Å². The molecular weight excluding hydrogens is 578 g/mol. The van der Waals surface area contributed by atoms with Crippen molar-refractivity contribution in [3.05, 3.63) is 122 Å². The summed E-state index contributed by atoms with van der Waals surface area (Å²) >= 11 is 0. The lowest BCUT2D eigenvalue weighted by Gasteiger charge is -2.19. The van der Waals surface area contributed by atoms with Crippen molar-refractivity contribution in [2.75, 3.05) is 6.61 Å². The molecular formula is C43H67NO3. The monoisotopic (exact) mass is 646 g/mol. The molecule has 0 rings (SSSR count). The van der Waals surface area contributed by atoms with Crippen LogP contribution in [0.15, 0.2) is 122 Å². The molecule has 0 fully saturated rings. The lowest BCUT2D eigenvalue weighted by atomic mass is 10.1. The average Bonchev–Trinajstić information content (AvgIpc) is 3.07. The summed E-state index contributed by atoms with van der Waals surface area (Å²) in [5.41, 5.74) is 0. The van der Waals surface area contributed by atoms with E-state index in [2.05, 4.69) is 129 Å². The molecule has 0 spiro atoms. The Hall–Kier alpha value is -3.21. The van der Waals surface area contributed by atoms with E-state index in [-0.39, 0.29) is 12.5 Å². The number of hydrogen-bond donors (Lipinski definition) is 3. The predicted octanol–water partition coefficient (Wildman–Crippen LogP) is 11.1. The highest BCUT2D eigenvalue weighted by atomic mass is 16.3. The summed E-state index contributed by atoms with van der Waals surface area (Å²) in [6.45, 7) is 4.07. The molecule has 0 aromatic carbocycles. The van der Waals surface area contributed by atoms with Gasteiger partial charge in [-0.3, -0.25) is 4.79 Å². The predicted molar refractivity (Wildman–Crippen MR) is 206 cm³/mol. The molecule has 0 saturated heterocycles. The number of carbonyl (C=O) groups excluding carboxylic acids is 1. The van der Waals surface area contributed by atoms with Gasteiger partial charge < -0.3 is 15.5 Å². The van der Waals surface area contributed by atoms with Crippen molar-refractivity contribution in [2.45, 2.75) is 135 Å². The van der Waals surface area contributed by atoms with Gasteiger partial charge in [-0.1, -0.05) is 148 Å². The van der Waals surface area contributed by atoms with E-state index < -0.39 is 12.1 Å². The van der Waals surface area contributed by atoms with Crippen LogP contribution < -0.4 is 5.32 Å². The SMILES string of the molecule is CC/C=C\C/C=C\C/C=C\C/C=C\C/C=C\C/C=C\C/C=C\CCCC(=O)NC(CO)C(O)/C=C/CC/C=C/CC/C=C/CCCC. The summed E-state index contributed by atoms with van der Waals surface area (Å²) in [7, 11) is 0. The third kappa shape index (κ3) is 34.0. The third-order valence-electron chi connectivity index (χ3n) is 7.16. The Morgan fingerprint density at radius 1 is 0.532 bits per heavy atom. The van der Waals surface area contributed by atoms with Crippen molar-refractivity contribution < 1.29 is 15.0 Å². The van der Waals surface area contributed by atoms with Gasteiger partial charge in [-0.05, 0) is 89.9 Å². The number of allylic oxidation sites excluding steroid dienone is 19. The van der Waals surface area contributed by atoms with Crippen LogP contribution in [-0.2, 0) is 4.79 Å². The van der Waals surface area contributed by atoms with Gasteiger partial charge in [-0.15, -0.1) is 0 Å². The van der Waals surface area contributed by atoms with Crippen molar-refractivity contribution in [1.82, 2.24) is 5.32 Å². The van der Waals surface area contributed by atoms with Crippen LogP contribution in [0.4, 0.5) is 0 Å². The largest absolute Gasteiger partial charge is 0.394 e. The molecule has 47 heavy (non-hydrogen) atoms. The van der Waals surface area contributed by atoms with Gasteiger partial charge in [0.1, 0.15) is 0 Å². The fraction of sp³-hybridized carbons (Fsp3) is 0.512. The zero-order valence-corrected chi connectivity index (χ0v) is 29.7. The van der Waals surface area contributed by atoms with Crippen LogP contribution in [0.3, 0.4) is 0 Å². The second-order valence-electron chi connectivity index (χ2n) is 11.5. The Labute approximate surface area is 288 Å². The van der Waals surface area contributed by atoms with Crippen LogP contribution in [0.2, 0.25) is 0 Å². The summed E-state index contributed by atoms with van der Waals surface area (Å²) in [4.78, 5) is 12.3. The number of rotatable bonds is 30. The normalized spacial score (nSPS) is 14.6. The van der Waals surface area contributed by atoms with Crippen LogP contribution >= 0.6 is 0 Å². The highest BCUT2D eigenvalue weighted by Gasteiger charge is 2.17. The number of aliphatic hydroxyl groups is 2. The lowest BCUT2D eigenvalue weighted by Crippen LogP contribution is -2.45. The van der Waals surface area contributed by atoms with E-state index in [9.17, 15) is 15.0 Å². The summed E-state index contributed by atoms with van der Waals surface area (Å²) in [5, 5.41) is 22.8. The number of aliphatic hydroxyl groups excluding tert-OH is 2. The highest BCUT2D eigenvalue weighted by Crippen LogP contribution is 2.04. The molecule has 0 radical (unpaired) electrons. The van der Waals surface area contributed by atoms with Crippen molar-refractivity contribution >= 4 is 5.91 Å². The smallest absolute Gasteiger partial charge is 0.220 e. The number of carbonyl (C=O) groups is 1. The maximum Gasteiger partial charge on any atom is 0.220 e. The molecule has 262 valence electrons. The molecule has 4 heteroatoms. The van der Waals surface area contributed by atoms with E-state index in [1.807, 2.05) is 6.08 Å². The van der Waals surface area contributed by atoms with Gasteiger partial charge in [0.05, 0.1) is 18.8 Å². The summed E-state index contributed by atoms with van der Waals surface area (Å²) in [5.74, 6) is -0.145. The standard InChI is InChI=1S/C43H67NO3/c1-3-5-7-9-11-13-15-17-18-19-20-21-22-23-24-25-26-27-29-31-33-35-37-39-43(47)44-41(40-45)42(46)38-36-34-32-30-28-16-14-12-10-8-6-4-2/h5,7,10-13,17-18,20-21,23-24,26-28,30-31,33,36,38,41-42,45-46H,3-4,6,8-9,14-16,19,22,25,29,32,34-35,37,39-40H2,1-2H3,(H,44,47)/b7-5-,12-10+,13-11-,18-17-,21-20-,24-23-,27-26-,30-28+,33-31-,38-36+. The van der Waals surface area contributed by atoms with Crippen LogP contribution in [0.25, 0.3) is 0 Å². The first-order valence-electron chi connectivity index (χ1n) is 18.2. The fourth-order valence-corrected chi connectivity index (χ4v) is 4.36. The first kappa shape index (κ1) is 43.8. The second-order valence-corrected chi connectivity index (χ2v) is 11.5. The minimum absolute atomic E-state index is 0.145. The Morgan fingerprint density at radius 2 is 0.915 bits per heavy atom. The molecule has 1 amide bonds. The van der Waals surface area contributed by atoms with Gasteiger partial charge in [0.15, 0.2) is 0 Å². The Bertz CT molecular complexity index is 1010. The van der Waals surface area contributed by atoms with Gasteiger partial charge in [-0.25, -0.2) is 0 Å². The van der Waals surface area contributed by atoms with Crippen molar-refractivity contribution in [2.24, 2.45) is 0 Å². The number of amides is 1. The molecule has 0 aliphatic carbocycles. The second kappa shape index (κ2) is 37.2. The zero-order valence-electron chi connectivity index (χ0n) is 29.7. The van der Waals surface area contributed by atoms with Crippen molar-refractivity contribution in [3.63, 3.8) is 0 Å². The first-order chi connectivity index (χ1) is 23.2. The maximum absolute atomic E-state index is 12.3. The van der Waals surface area contributed by atoms with E-state index in [4.69, 9.17) is 0 Å². The summed E-state index contributed by atoms with van der Waals surface area (Å²) in [6.07, 6.45) is 58.6. The van der Waals surface area contributed by atoms with E-state index in [0.717, 1.165) is 83.5 Å². The average molecular weight is 646 g/mol. The highest BCUT2D eigenvalue weighted by molar-refractivity contribution is 5.76. The van der Waals surface area contributed by atoms with Crippen LogP contribution in [0.1, 0.15) is 123 Å². The maximum atomic E-state index is 12.3. The molecule has 2 unspecified atom stereocenters. The van der Waals surface area contributed by atoms with E-state index >= 15 is 0 Å². The lowest BCUT2D eigenvalue weighted by molar-refractivity contribution is -0.122. The molecule has 0 aliphatic rings. The van der Waals surface area contributed by atoms with Gasteiger partial charge in [0, 0.05) is 6.42 Å². The zero-order chi connectivity index (χ0) is 34.3. The minimum Gasteiger partial charge on any atom is -0.394 e. The third-order valence-corrected chi connectivity index (χ3v) is 7.16. The minimum atomic E-state index is -0.900. The quantitative estimate of drug-likeness (QED) is 0.0538. The molecule has 3 N–H and O–H groups in total. The van der Waals surface area contributed by atoms with Gasteiger partial charge in [0.25, 0.3) is 0 Å². The van der Waals surface area contributed by atoms with Crippen molar-refractivity contribution in [3.8, 4) is 0 Å². The molecule has 0 heterocycles. The van der Waals surface area contributed by atoms with Crippen LogP contribution in [0.5, 0.6) is 0 Å². The van der Waals surface area contributed by atoms with Crippen LogP contribution in [0, 0.1) is 0 Å². The molecule has 4 nitrogen and oxygen atoms in total. The van der Waals surface area contributed by atoms with E-state index in [1.54, 1.807) is 6.08 Å². The van der Waals surface area contributed by atoms with Gasteiger partial charge in [-0.2, -0.15) is 0 Å². The number of nitrogens with one attached hydrogen (secondary N) is 1. The van der Waals surface area contributed by atoms with Crippen LogP contribution in [-0.4, -0.2) is 34.9 Å². The molecule has 2 atom stereocenters. The fourth-order valence-electron chi connectivity index (χ4n) is 4.36. The molecule has 0 bridgehead atoms. The Balaban J connectivity index is 3.88. The Morgan fingerprint density at radius 3 is 1.36 bits per heavy atom. The topological polar surface area (TPSA) is 69.6 Å². The van der Waals surface area contributed by atoms with Crippen molar-refractivity contribution in [1.29, 1.82) is 0 Å². The summed E-state index contributed by atoms with van der Waals surface area (Å²) in [6, 6.07) is -0.683. The van der Waals surface area contributed by atoms with E-state index in [1.165, 1.54) is 19.3 Å². The molecule has 0 aromatic rings. The number of unbranched alkanes of at least 4 members (excludes halogenated alkanes) is 5. The number of hydrogen-bond acceptors (Lipinski definition) is 3. The Kier molecular flexibility index (Phi) is 34.7. The first-order valence-corrected chi connectivity index (χ1v) is 18.2. The van der Waals surface area contributed by atoms with E-state index in [0.29, 0.717) is 6.42 Å². The molecule has 0 saturated carbocycles. The molecule has 0 aliphatic heterocycles.